The van der Waals surface area contributed by atoms with Crippen molar-refractivity contribution in [1.82, 2.24) is 10.2 Å². The van der Waals surface area contributed by atoms with Gasteiger partial charge in [0.15, 0.2) is 0 Å². The van der Waals surface area contributed by atoms with Crippen molar-refractivity contribution in [2.45, 2.75) is 31.3 Å². The minimum absolute atomic E-state index is 0.129. The number of carbonyl (C=O) groups is 2. The van der Waals surface area contributed by atoms with Crippen LogP contribution >= 0.6 is 11.6 Å². The van der Waals surface area contributed by atoms with Crippen LogP contribution in [0.4, 0.5) is 11.4 Å². The number of amides is 2. The van der Waals surface area contributed by atoms with E-state index in [4.69, 9.17) is 23.1 Å². The minimum atomic E-state index is -3.50. The molecule has 1 saturated heterocycles. The van der Waals surface area contributed by atoms with Gasteiger partial charge in [-0.1, -0.05) is 35.9 Å². The summed E-state index contributed by atoms with van der Waals surface area (Å²) in [6.07, 6.45) is 2.17. The summed E-state index contributed by atoms with van der Waals surface area (Å²) in [7, 11) is -3.50. The Labute approximate surface area is 223 Å². The number of rotatable bonds is 11. The van der Waals surface area contributed by atoms with E-state index in [1.165, 1.54) is 0 Å². The summed E-state index contributed by atoms with van der Waals surface area (Å²) >= 11 is 5.96. The number of nitrogens with zero attached hydrogens (tertiary/aromatic N) is 2. The summed E-state index contributed by atoms with van der Waals surface area (Å²) < 4.78 is 26.5. The fourth-order valence-electron chi connectivity index (χ4n) is 4.42. The standard InChI is InChI=1S/C25H35ClN6O4S/c1-37(35,36)30-22-4-2-3-5-23(22)32-15-14-31(17-20(32)10-11-24(33)29-13-12-27)25(34)21(28)16-18-6-8-19(26)9-7-18/h2-9,20-21,30H,10-17,27-28H2,1H3,(H,29,33). The molecular formula is C25H35ClN6O4S. The van der Waals surface area contributed by atoms with E-state index < -0.39 is 16.1 Å². The number of hydrogen-bond acceptors (Lipinski definition) is 7. The minimum Gasteiger partial charge on any atom is -0.363 e. The number of halogens is 1. The zero-order chi connectivity index (χ0) is 27.0. The van der Waals surface area contributed by atoms with Crippen molar-refractivity contribution in [3.05, 3.63) is 59.1 Å². The summed E-state index contributed by atoms with van der Waals surface area (Å²) in [5.41, 5.74) is 13.8. The van der Waals surface area contributed by atoms with Gasteiger partial charge in [-0.05, 0) is 42.7 Å². The van der Waals surface area contributed by atoms with Crippen LogP contribution in [0.5, 0.6) is 0 Å². The maximum Gasteiger partial charge on any atom is 0.239 e. The molecule has 2 unspecified atom stereocenters. The molecule has 0 saturated carbocycles. The van der Waals surface area contributed by atoms with E-state index >= 15 is 0 Å². The molecule has 12 heteroatoms. The summed E-state index contributed by atoms with van der Waals surface area (Å²) in [5.74, 6) is -0.300. The van der Waals surface area contributed by atoms with E-state index in [1.54, 1.807) is 29.2 Å². The third-order valence-electron chi connectivity index (χ3n) is 6.16. The first kappa shape index (κ1) is 28.7. The van der Waals surface area contributed by atoms with Gasteiger partial charge in [0, 0.05) is 50.2 Å². The molecule has 2 aromatic rings. The van der Waals surface area contributed by atoms with Crippen LogP contribution in [0.15, 0.2) is 48.5 Å². The number of piperazine rings is 1. The lowest BCUT2D eigenvalue weighted by molar-refractivity contribution is -0.133. The monoisotopic (exact) mass is 550 g/mol. The van der Waals surface area contributed by atoms with E-state index in [2.05, 4.69) is 14.9 Å². The average molecular weight is 551 g/mol. The first-order valence-electron chi connectivity index (χ1n) is 12.2. The van der Waals surface area contributed by atoms with Gasteiger partial charge in [0.25, 0.3) is 0 Å². The van der Waals surface area contributed by atoms with E-state index in [9.17, 15) is 18.0 Å². The fraction of sp³-hybridized carbons (Fsp3) is 0.440. The van der Waals surface area contributed by atoms with Crippen LogP contribution in [0, 0.1) is 0 Å². The lowest BCUT2D eigenvalue weighted by atomic mass is 10.0. The van der Waals surface area contributed by atoms with Crippen molar-refractivity contribution in [2.24, 2.45) is 11.5 Å². The van der Waals surface area contributed by atoms with Crippen molar-refractivity contribution in [1.29, 1.82) is 0 Å². The number of benzene rings is 2. The zero-order valence-electron chi connectivity index (χ0n) is 20.9. The molecule has 0 spiro atoms. The van der Waals surface area contributed by atoms with Crippen molar-refractivity contribution in [3.8, 4) is 0 Å². The molecule has 2 aromatic carbocycles. The number of nitrogens with one attached hydrogen (secondary N) is 2. The predicted octanol–water partition coefficient (Wildman–Crippen LogP) is 1.15. The Balaban J connectivity index is 1.78. The Morgan fingerprint density at radius 3 is 2.51 bits per heavy atom. The highest BCUT2D eigenvalue weighted by Crippen LogP contribution is 2.31. The Morgan fingerprint density at radius 2 is 1.84 bits per heavy atom. The molecule has 2 amide bonds. The smallest absolute Gasteiger partial charge is 0.239 e. The van der Waals surface area contributed by atoms with Gasteiger partial charge < -0.3 is 26.6 Å². The molecular weight excluding hydrogens is 516 g/mol. The first-order valence-corrected chi connectivity index (χ1v) is 14.4. The molecule has 1 aliphatic rings. The summed E-state index contributed by atoms with van der Waals surface area (Å²) in [4.78, 5) is 29.4. The number of anilines is 2. The second-order valence-corrected chi connectivity index (χ2v) is 11.3. The van der Waals surface area contributed by atoms with Crippen molar-refractivity contribution >= 4 is 44.8 Å². The molecule has 1 aliphatic heterocycles. The topological polar surface area (TPSA) is 151 Å². The second kappa shape index (κ2) is 13.1. The Bertz CT molecular complexity index is 1180. The van der Waals surface area contributed by atoms with Crippen LogP contribution in [0.3, 0.4) is 0 Å². The largest absolute Gasteiger partial charge is 0.363 e. The van der Waals surface area contributed by atoms with Gasteiger partial charge in [-0.2, -0.15) is 0 Å². The number of para-hydroxylation sites is 2. The zero-order valence-corrected chi connectivity index (χ0v) is 22.5. The predicted molar refractivity (Wildman–Crippen MR) is 147 cm³/mol. The molecule has 1 fully saturated rings. The van der Waals surface area contributed by atoms with E-state index in [0.29, 0.717) is 62.0 Å². The molecule has 3 rings (SSSR count). The Kier molecular flexibility index (Phi) is 10.2. The summed E-state index contributed by atoms with van der Waals surface area (Å²) in [5, 5.41) is 3.38. The highest BCUT2D eigenvalue weighted by Gasteiger charge is 2.33. The summed E-state index contributed by atoms with van der Waals surface area (Å²) in [6.45, 7) is 1.95. The Morgan fingerprint density at radius 1 is 1.14 bits per heavy atom. The third kappa shape index (κ3) is 8.60. The van der Waals surface area contributed by atoms with Crippen molar-refractivity contribution in [2.75, 3.05) is 48.6 Å². The lowest BCUT2D eigenvalue weighted by Gasteiger charge is -2.44. The van der Waals surface area contributed by atoms with Crippen LogP contribution in [0.2, 0.25) is 5.02 Å². The number of carbonyl (C=O) groups excluding carboxylic acids is 2. The number of nitrogens with two attached hydrogens (primary N) is 2. The first-order chi connectivity index (χ1) is 17.6. The maximum atomic E-state index is 13.3. The van der Waals surface area contributed by atoms with Crippen LogP contribution in [0.25, 0.3) is 0 Å². The van der Waals surface area contributed by atoms with Crippen LogP contribution in [0.1, 0.15) is 18.4 Å². The quantitative estimate of drug-likeness (QED) is 0.327. The highest BCUT2D eigenvalue weighted by molar-refractivity contribution is 7.92. The van der Waals surface area contributed by atoms with Gasteiger partial charge in [-0.15, -0.1) is 0 Å². The van der Waals surface area contributed by atoms with Crippen molar-refractivity contribution < 1.29 is 18.0 Å². The molecule has 6 N–H and O–H groups in total. The van der Waals surface area contributed by atoms with Gasteiger partial charge in [0.1, 0.15) is 0 Å². The third-order valence-corrected chi connectivity index (χ3v) is 7.00. The molecule has 10 nitrogen and oxygen atoms in total. The molecule has 37 heavy (non-hydrogen) atoms. The SMILES string of the molecule is CS(=O)(=O)Nc1ccccc1N1CCN(C(=O)C(N)Cc2ccc(Cl)cc2)CC1CCC(=O)NCCN. The van der Waals surface area contributed by atoms with Gasteiger partial charge in [-0.25, -0.2) is 8.42 Å². The van der Waals surface area contributed by atoms with Crippen LogP contribution < -0.4 is 26.4 Å². The average Bonchev–Trinajstić information content (AvgIpc) is 2.86. The second-order valence-electron chi connectivity index (χ2n) is 9.14. The van der Waals surface area contributed by atoms with Crippen LogP contribution in [-0.4, -0.2) is 76.2 Å². The molecule has 0 bridgehead atoms. The van der Waals surface area contributed by atoms with Crippen LogP contribution in [-0.2, 0) is 26.0 Å². The number of hydrogen-bond donors (Lipinski definition) is 4. The van der Waals surface area contributed by atoms with Crippen molar-refractivity contribution in [3.63, 3.8) is 0 Å². The molecule has 2 atom stereocenters. The molecule has 0 radical (unpaired) electrons. The number of sulfonamides is 1. The van der Waals surface area contributed by atoms with Gasteiger partial charge in [0.05, 0.1) is 23.7 Å². The van der Waals surface area contributed by atoms with Gasteiger partial charge in [-0.3, -0.25) is 14.3 Å². The van der Waals surface area contributed by atoms with E-state index in [0.717, 1.165) is 11.8 Å². The molecule has 0 aliphatic carbocycles. The lowest BCUT2D eigenvalue weighted by Crippen LogP contribution is -2.58. The Hall–Kier alpha value is -2.86. The van der Waals surface area contributed by atoms with Gasteiger partial charge in [0.2, 0.25) is 21.8 Å². The molecule has 0 aromatic heterocycles. The fourth-order valence-corrected chi connectivity index (χ4v) is 5.12. The molecule has 202 valence electrons. The highest BCUT2D eigenvalue weighted by atomic mass is 35.5. The maximum absolute atomic E-state index is 13.3. The van der Waals surface area contributed by atoms with E-state index in [-0.39, 0.29) is 24.3 Å². The normalized spacial score (nSPS) is 16.8. The van der Waals surface area contributed by atoms with Gasteiger partial charge >= 0.3 is 0 Å². The van der Waals surface area contributed by atoms with E-state index in [1.807, 2.05) is 24.3 Å². The molecule has 1 heterocycles. The summed E-state index contributed by atoms with van der Waals surface area (Å²) in [6, 6.07) is 13.4.